The minimum Gasteiger partial charge on any atom is -0.480 e. The van der Waals surface area contributed by atoms with Gasteiger partial charge < -0.3 is 5.11 Å². The monoisotopic (exact) mass is 397 g/mol. The van der Waals surface area contributed by atoms with Crippen LogP contribution in [0.5, 0.6) is 0 Å². The number of sulfonamides is 1. The number of aliphatic carboxylic acids is 1. The fourth-order valence-corrected chi connectivity index (χ4v) is 8.18. The maximum Gasteiger partial charge on any atom is 0.322 e. The molecule has 1 aromatic heterocycles. The van der Waals surface area contributed by atoms with Crippen molar-refractivity contribution in [2.45, 2.75) is 28.5 Å². The molecule has 2 aliphatic rings. The molecule has 110 valence electrons. The van der Waals surface area contributed by atoms with E-state index >= 15 is 0 Å². The van der Waals surface area contributed by atoms with Gasteiger partial charge in [0.1, 0.15) is 10.3 Å². The van der Waals surface area contributed by atoms with Crippen LogP contribution in [0.2, 0.25) is 0 Å². The van der Waals surface area contributed by atoms with E-state index in [9.17, 15) is 18.3 Å². The van der Waals surface area contributed by atoms with Gasteiger partial charge in [-0.25, -0.2) is 8.42 Å². The van der Waals surface area contributed by atoms with Gasteiger partial charge in [0, 0.05) is 5.75 Å². The van der Waals surface area contributed by atoms with Gasteiger partial charge >= 0.3 is 5.97 Å². The van der Waals surface area contributed by atoms with E-state index in [0.717, 1.165) is 28.0 Å². The molecule has 0 aromatic carbocycles. The lowest BCUT2D eigenvalue weighted by atomic mass is 10.3. The standard InChI is InChI=1S/C11H12BrNO4S3/c12-8-3-4-9(19-8)20(16,17)13-7(11(14)15)5-18-10(13)6-1-2-6/h3-4,6-7,10H,1-2,5H2,(H,14,15). The van der Waals surface area contributed by atoms with Gasteiger partial charge in [0.25, 0.3) is 10.0 Å². The molecule has 0 bridgehead atoms. The number of carboxylic acids is 1. The first kappa shape index (κ1) is 14.8. The Morgan fingerprint density at radius 3 is 2.60 bits per heavy atom. The molecule has 0 radical (unpaired) electrons. The Kier molecular flexibility index (Phi) is 3.91. The molecule has 9 heteroatoms. The lowest BCUT2D eigenvalue weighted by molar-refractivity contribution is -0.140. The zero-order valence-corrected chi connectivity index (χ0v) is 14.3. The van der Waals surface area contributed by atoms with Crippen molar-refractivity contribution in [2.24, 2.45) is 5.92 Å². The van der Waals surface area contributed by atoms with Crippen LogP contribution in [0, 0.1) is 5.92 Å². The number of thiophene rings is 1. The number of hydrogen-bond acceptors (Lipinski definition) is 5. The Bertz CT molecular complexity index is 640. The quantitative estimate of drug-likeness (QED) is 0.844. The minimum absolute atomic E-state index is 0.198. The smallest absolute Gasteiger partial charge is 0.322 e. The highest BCUT2D eigenvalue weighted by molar-refractivity contribution is 9.11. The molecule has 1 saturated carbocycles. The molecular formula is C11H12BrNO4S3. The van der Waals surface area contributed by atoms with Crippen LogP contribution in [0.15, 0.2) is 20.1 Å². The third-order valence-electron chi connectivity index (χ3n) is 3.37. The maximum atomic E-state index is 12.7. The van der Waals surface area contributed by atoms with E-state index < -0.39 is 22.0 Å². The normalized spacial score (nSPS) is 27.9. The number of halogens is 1. The van der Waals surface area contributed by atoms with Crippen LogP contribution in [0.4, 0.5) is 0 Å². The number of carbonyl (C=O) groups is 1. The van der Waals surface area contributed by atoms with Gasteiger partial charge in [-0.3, -0.25) is 4.79 Å². The van der Waals surface area contributed by atoms with E-state index in [-0.39, 0.29) is 9.58 Å². The predicted octanol–water partition coefficient (Wildman–Crippen LogP) is 2.44. The van der Waals surface area contributed by atoms with Crippen LogP contribution < -0.4 is 0 Å². The predicted molar refractivity (Wildman–Crippen MR) is 81.4 cm³/mol. The van der Waals surface area contributed by atoms with Gasteiger partial charge in [-0.2, -0.15) is 4.31 Å². The summed E-state index contributed by atoms with van der Waals surface area (Å²) < 4.78 is 27.6. The summed E-state index contributed by atoms with van der Waals surface area (Å²) in [7, 11) is -3.75. The fraction of sp³-hybridized carbons (Fsp3) is 0.545. The summed E-state index contributed by atoms with van der Waals surface area (Å²) in [4.78, 5) is 11.4. The molecule has 2 atom stereocenters. The second kappa shape index (κ2) is 5.28. The van der Waals surface area contributed by atoms with Gasteiger partial charge in [-0.05, 0) is 46.8 Å². The van der Waals surface area contributed by atoms with E-state index in [1.807, 2.05) is 0 Å². The molecule has 1 aliphatic carbocycles. The largest absolute Gasteiger partial charge is 0.480 e. The summed E-state index contributed by atoms with van der Waals surface area (Å²) in [5.41, 5.74) is 0. The summed E-state index contributed by atoms with van der Waals surface area (Å²) in [6, 6.07) is 2.23. The first-order chi connectivity index (χ1) is 9.41. The molecule has 1 aliphatic heterocycles. The van der Waals surface area contributed by atoms with Gasteiger partial charge in [0.2, 0.25) is 0 Å². The topological polar surface area (TPSA) is 74.7 Å². The molecule has 1 aromatic rings. The van der Waals surface area contributed by atoms with Gasteiger partial charge in [-0.1, -0.05) is 0 Å². The average Bonchev–Trinajstić information content (AvgIpc) is 2.95. The second-order valence-corrected chi connectivity index (χ2v) is 10.5. The maximum absolute atomic E-state index is 12.7. The van der Waals surface area contributed by atoms with Gasteiger partial charge in [0.05, 0.1) is 9.16 Å². The molecule has 2 heterocycles. The van der Waals surface area contributed by atoms with E-state index in [1.54, 1.807) is 6.07 Å². The van der Waals surface area contributed by atoms with Crippen molar-refractivity contribution in [3.63, 3.8) is 0 Å². The van der Waals surface area contributed by atoms with Crippen LogP contribution in [-0.4, -0.2) is 41.0 Å². The van der Waals surface area contributed by atoms with Crippen LogP contribution in [0.25, 0.3) is 0 Å². The molecule has 2 unspecified atom stereocenters. The average molecular weight is 398 g/mol. The highest BCUT2D eigenvalue weighted by Gasteiger charge is 2.51. The van der Waals surface area contributed by atoms with Gasteiger partial charge in [-0.15, -0.1) is 23.1 Å². The fourth-order valence-electron chi connectivity index (χ4n) is 2.26. The van der Waals surface area contributed by atoms with E-state index in [1.165, 1.54) is 22.1 Å². The van der Waals surface area contributed by atoms with Crippen molar-refractivity contribution < 1.29 is 18.3 Å². The minimum atomic E-state index is -3.75. The van der Waals surface area contributed by atoms with Crippen LogP contribution in [-0.2, 0) is 14.8 Å². The number of rotatable bonds is 4. The summed E-state index contributed by atoms with van der Waals surface area (Å²) in [5.74, 6) is -0.454. The molecular weight excluding hydrogens is 386 g/mol. The van der Waals surface area contributed by atoms with Crippen LogP contribution >= 0.6 is 39.0 Å². The summed E-state index contributed by atoms with van der Waals surface area (Å²) in [6.45, 7) is 0. The van der Waals surface area contributed by atoms with Gasteiger partial charge in [0.15, 0.2) is 0 Å². The molecule has 0 amide bonds. The second-order valence-electron chi connectivity index (χ2n) is 4.81. The zero-order valence-electron chi connectivity index (χ0n) is 10.2. The zero-order chi connectivity index (χ0) is 14.5. The summed E-state index contributed by atoms with van der Waals surface area (Å²) in [5, 5.41) is 9.06. The number of nitrogens with zero attached hydrogens (tertiary/aromatic N) is 1. The van der Waals surface area contributed by atoms with Crippen molar-refractivity contribution in [2.75, 3.05) is 5.75 Å². The first-order valence-corrected chi connectivity index (χ1v) is 10.1. The van der Waals surface area contributed by atoms with Crippen LogP contribution in [0.3, 0.4) is 0 Å². The Morgan fingerprint density at radius 2 is 2.10 bits per heavy atom. The van der Waals surface area contributed by atoms with E-state index in [4.69, 9.17) is 0 Å². The number of carboxylic acid groups (broad SMARTS) is 1. The third-order valence-corrected chi connectivity index (χ3v) is 8.95. The molecule has 1 saturated heterocycles. The lowest BCUT2D eigenvalue weighted by Gasteiger charge is -2.25. The first-order valence-electron chi connectivity index (χ1n) is 6.04. The number of thioether (sulfide) groups is 1. The molecule has 1 N–H and O–H groups in total. The summed E-state index contributed by atoms with van der Waals surface area (Å²) in [6.07, 6.45) is 1.95. The molecule has 0 spiro atoms. The molecule has 20 heavy (non-hydrogen) atoms. The number of hydrogen-bond donors (Lipinski definition) is 1. The Morgan fingerprint density at radius 1 is 1.40 bits per heavy atom. The van der Waals surface area contributed by atoms with E-state index in [0.29, 0.717) is 11.7 Å². The van der Waals surface area contributed by atoms with Crippen molar-refractivity contribution in [3.8, 4) is 0 Å². The van der Waals surface area contributed by atoms with Crippen molar-refractivity contribution in [1.82, 2.24) is 4.31 Å². The molecule has 5 nitrogen and oxygen atoms in total. The highest BCUT2D eigenvalue weighted by Crippen LogP contribution is 2.48. The lowest BCUT2D eigenvalue weighted by Crippen LogP contribution is -2.45. The van der Waals surface area contributed by atoms with Crippen molar-refractivity contribution >= 4 is 55.0 Å². The highest BCUT2D eigenvalue weighted by atomic mass is 79.9. The van der Waals surface area contributed by atoms with Crippen LogP contribution in [0.1, 0.15) is 12.8 Å². The third kappa shape index (κ3) is 2.54. The molecule has 3 rings (SSSR count). The van der Waals surface area contributed by atoms with Crippen molar-refractivity contribution in [1.29, 1.82) is 0 Å². The van der Waals surface area contributed by atoms with Crippen molar-refractivity contribution in [3.05, 3.63) is 15.9 Å². The molecule has 2 fully saturated rings. The Hall–Kier alpha value is -0.0900. The summed E-state index contributed by atoms with van der Waals surface area (Å²) >= 11 is 5.81. The SMILES string of the molecule is O=C(O)C1CSC(C2CC2)N1S(=O)(=O)c1ccc(Br)s1. The Balaban J connectivity index is 2.00. The Labute approximate surface area is 133 Å². The van der Waals surface area contributed by atoms with E-state index in [2.05, 4.69) is 15.9 Å².